The summed E-state index contributed by atoms with van der Waals surface area (Å²) in [7, 11) is 0. The number of aromatic nitrogens is 3. The summed E-state index contributed by atoms with van der Waals surface area (Å²) in [5, 5.41) is 10.8. The average Bonchev–Trinajstić information content (AvgIpc) is 3.09. The van der Waals surface area contributed by atoms with Crippen molar-refractivity contribution in [2.45, 2.75) is 6.92 Å². The number of nitrogens with one attached hydrogen (secondary N) is 1. The van der Waals surface area contributed by atoms with Gasteiger partial charge in [-0.15, -0.1) is 10.2 Å². The summed E-state index contributed by atoms with van der Waals surface area (Å²) in [6.07, 6.45) is 3.18. The Morgan fingerprint density at radius 3 is 2.71 bits per heavy atom. The molecule has 0 radical (unpaired) electrons. The van der Waals surface area contributed by atoms with Crippen LogP contribution in [0, 0.1) is 6.92 Å². The first-order valence-electron chi connectivity index (χ1n) is 7.26. The number of nitrogens with zero attached hydrogens (tertiary/aromatic N) is 3. The van der Waals surface area contributed by atoms with E-state index in [1.54, 1.807) is 29.4 Å². The van der Waals surface area contributed by atoms with Crippen LogP contribution in [0.3, 0.4) is 0 Å². The first kappa shape index (κ1) is 16.0. The molecule has 6 nitrogen and oxygen atoms in total. The third-order valence-corrected chi connectivity index (χ3v) is 3.66. The molecular formula is C17H15ClN4O2. The van der Waals surface area contributed by atoms with E-state index < -0.39 is 0 Å². The Labute approximate surface area is 144 Å². The van der Waals surface area contributed by atoms with Gasteiger partial charge >= 0.3 is 0 Å². The fourth-order valence-corrected chi connectivity index (χ4v) is 2.49. The topological polar surface area (TPSA) is 69.0 Å². The zero-order valence-corrected chi connectivity index (χ0v) is 13.7. The summed E-state index contributed by atoms with van der Waals surface area (Å²) < 4.78 is 7.28. The predicted molar refractivity (Wildman–Crippen MR) is 91.7 cm³/mol. The van der Waals surface area contributed by atoms with Gasteiger partial charge in [-0.2, -0.15) is 0 Å². The van der Waals surface area contributed by atoms with Crippen molar-refractivity contribution in [3.63, 3.8) is 0 Å². The standard InChI is InChI=1S/C17H15ClN4O2/c1-12-4-2-7-15(18)17(12)24-9-16(23)21-13-5-3-6-14(8-13)22-10-19-20-11-22/h2-8,10-11H,9H2,1H3,(H,21,23). The molecule has 0 aliphatic carbocycles. The van der Waals surface area contributed by atoms with E-state index in [0.29, 0.717) is 16.5 Å². The zero-order chi connectivity index (χ0) is 16.9. The second-order valence-electron chi connectivity index (χ2n) is 5.14. The first-order chi connectivity index (χ1) is 11.6. The molecule has 0 bridgehead atoms. The number of rotatable bonds is 5. The number of hydrogen-bond donors (Lipinski definition) is 1. The molecule has 0 aliphatic heterocycles. The number of carbonyl (C=O) groups excluding carboxylic acids is 1. The highest BCUT2D eigenvalue weighted by Gasteiger charge is 2.09. The number of hydrogen-bond acceptors (Lipinski definition) is 4. The van der Waals surface area contributed by atoms with Crippen molar-refractivity contribution in [1.82, 2.24) is 14.8 Å². The number of aryl methyl sites for hydroxylation is 1. The molecule has 1 heterocycles. The number of para-hydroxylation sites is 1. The van der Waals surface area contributed by atoms with Crippen molar-refractivity contribution in [2.24, 2.45) is 0 Å². The monoisotopic (exact) mass is 342 g/mol. The fraction of sp³-hybridized carbons (Fsp3) is 0.118. The van der Waals surface area contributed by atoms with Crippen molar-refractivity contribution in [2.75, 3.05) is 11.9 Å². The van der Waals surface area contributed by atoms with Crippen LogP contribution >= 0.6 is 11.6 Å². The van der Waals surface area contributed by atoms with Gasteiger partial charge in [0.1, 0.15) is 18.4 Å². The maximum atomic E-state index is 12.1. The third-order valence-electron chi connectivity index (χ3n) is 3.36. The van der Waals surface area contributed by atoms with Crippen LogP contribution in [0.1, 0.15) is 5.56 Å². The van der Waals surface area contributed by atoms with Gasteiger partial charge in [0.25, 0.3) is 5.91 Å². The normalized spacial score (nSPS) is 10.4. The van der Waals surface area contributed by atoms with E-state index >= 15 is 0 Å². The van der Waals surface area contributed by atoms with Crippen molar-refractivity contribution >= 4 is 23.2 Å². The molecule has 0 saturated carbocycles. The lowest BCUT2D eigenvalue weighted by Gasteiger charge is -2.11. The number of anilines is 1. The molecule has 0 unspecified atom stereocenters. The molecule has 24 heavy (non-hydrogen) atoms. The van der Waals surface area contributed by atoms with Crippen LogP contribution in [-0.2, 0) is 4.79 Å². The van der Waals surface area contributed by atoms with E-state index in [2.05, 4.69) is 15.5 Å². The van der Waals surface area contributed by atoms with Crippen LogP contribution in [0.4, 0.5) is 5.69 Å². The maximum absolute atomic E-state index is 12.1. The minimum atomic E-state index is -0.268. The fourth-order valence-electron chi connectivity index (χ4n) is 2.21. The predicted octanol–water partition coefficient (Wildman–Crippen LogP) is 3.25. The van der Waals surface area contributed by atoms with Gasteiger partial charge in [-0.05, 0) is 36.8 Å². The zero-order valence-electron chi connectivity index (χ0n) is 12.9. The smallest absolute Gasteiger partial charge is 0.262 e. The number of halogens is 1. The van der Waals surface area contributed by atoms with Crippen molar-refractivity contribution in [1.29, 1.82) is 0 Å². The quantitative estimate of drug-likeness (QED) is 0.772. The first-order valence-corrected chi connectivity index (χ1v) is 7.64. The third kappa shape index (κ3) is 3.72. The Balaban J connectivity index is 1.64. The van der Waals surface area contributed by atoms with E-state index in [4.69, 9.17) is 16.3 Å². The van der Waals surface area contributed by atoms with E-state index in [1.165, 1.54) is 0 Å². The van der Waals surface area contributed by atoms with E-state index in [0.717, 1.165) is 11.3 Å². The summed E-state index contributed by atoms with van der Waals surface area (Å²) >= 11 is 6.08. The number of benzene rings is 2. The number of amides is 1. The molecule has 122 valence electrons. The Morgan fingerprint density at radius 1 is 1.21 bits per heavy atom. The van der Waals surface area contributed by atoms with Gasteiger partial charge in [-0.3, -0.25) is 9.36 Å². The van der Waals surface area contributed by atoms with Crippen molar-refractivity contribution in [3.05, 3.63) is 65.7 Å². The Bertz CT molecular complexity index is 829. The van der Waals surface area contributed by atoms with Gasteiger partial charge in [0.15, 0.2) is 6.61 Å². The number of carbonyl (C=O) groups is 1. The van der Waals surface area contributed by atoms with Crippen molar-refractivity contribution < 1.29 is 9.53 Å². The highest BCUT2D eigenvalue weighted by molar-refractivity contribution is 6.32. The second-order valence-corrected chi connectivity index (χ2v) is 5.55. The highest BCUT2D eigenvalue weighted by atomic mass is 35.5. The van der Waals surface area contributed by atoms with Gasteiger partial charge in [0.05, 0.1) is 10.7 Å². The molecule has 3 rings (SSSR count). The summed E-state index contributed by atoms with van der Waals surface area (Å²) in [6.45, 7) is 1.75. The van der Waals surface area contributed by atoms with Gasteiger partial charge in [0.2, 0.25) is 0 Å². The lowest BCUT2D eigenvalue weighted by atomic mass is 10.2. The molecular weight excluding hydrogens is 328 g/mol. The molecule has 3 aromatic rings. The van der Waals surface area contributed by atoms with Crippen LogP contribution in [-0.4, -0.2) is 27.3 Å². The maximum Gasteiger partial charge on any atom is 0.262 e. The lowest BCUT2D eigenvalue weighted by Crippen LogP contribution is -2.20. The Kier molecular flexibility index (Phi) is 4.77. The van der Waals surface area contributed by atoms with Crippen molar-refractivity contribution in [3.8, 4) is 11.4 Å². The van der Waals surface area contributed by atoms with Gasteiger partial charge in [-0.25, -0.2) is 0 Å². The molecule has 1 N–H and O–H groups in total. The van der Waals surface area contributed by atoms with Crippen LogP contribution in [0.5, 0.6) is 5.75 Å². The van der Waals surface area contributed by atoms with Gasteiger partial charge < -0.3 is 10.1 Å². The summed E-state index contributed by atoms with van der Waals surface area (Å²) in [6, 6.07) is 12.8. The molecule has 1 amide bonds. The van der Waals surface area contributed by atoms with Gasteiger partial charge in [-0.1, -0.05) is 29.8 Å². The molecule has 0 fully saturated rings. The minimum absolute atomic E-state index is 0.124. The van der Waals surface area contributed by atoms with Crippen LogP contribution in [0.25, 0.3) is 5.69 Å². The molecule has 0 atom stereocenters. The highest BCUT2D eigenvalue weighted by Crippen LogP contribution is 2.27. The van der Waals surface area contributed by atoms with E-state index in [-0.39, 0.29) is 12.5 Å². The minimum Gasteiger partial charge on any atom is -0.482 e. The molecule has 2 aromatic carbocycles. The lowest BCUT2D eigenvalue weighted by molar-refractivity contribution is -0.118. The Morgan fingerprint density at radius 2 is 1.96 bits per heavy atom. The summed E-state index contributed by atoms with van der Waals surface area (Å²) in [5.41, 5.74) is 2.39. The molecule has 0 spiro atoms. The van der Waals surface area contributed by atoms with E-state index in [9.17, 15) is 4.79 Å². The van der Waals surface area contributed by atoms with Crippen LogP contribution < -0.4 is 10.1 Å². The SMILES string of the molecule is Cc1cccc(Cl)c1OCC(=O)Nc1cccc(-n2cnnc2)c1. The average molecular weight is 343 g/mol. The molecule has 0 saturated heterocycles. The van der Waals surface area contributed by atoms with Gasteiger partial charge in [0, 0.05) is 5.69 Å². The largest absolute Gasteiger partial charge is 0.482 e. The number of ether oxygens (including phenoxy) is 1. The Hall–Kier alpha value is -2.86. The second kappa shape index (κ2) is 7.14. The molecule has 1 aromatic heterocycles. The molecule has 0 aliphatic rings. The molecule has 7 heteroatoms. The van der Waals surface area contributed by atoms with E-state index in [1.807, 2.05) is 37.3 Å². The van der Waals surface area contributed by atoms with Crippen LogP contribution in [0.15, 0.2) is 55.1 Å². The summed E-state index contributed by atoms with van der Waals surface area (Å²) in [4.78, 5) is 12.1. The van der Waals surface area contributed by atoms with Crippen LogP contribution in [0.2, 0.25) is 5.02 Å². The summed E-state index contributed by atoms with van der Waals surface area (Å²) in [5.74, 6) is 0.253.